The molecule has 0 radical (unpaired) electrons. The van der Waals surface area contributed by atoms with Crippen LogP contribution in [-0.4, -0.2) is 65.6 Å². The number of benzene rings is 2. The van der Waals surface area contributed by atoms with E-state index >= 15 is 0 Å². The van der Waals surface area contributed by atoms with Crippen LogP contribution in [0.1, 0.15) is 37.0 Å². The Bertz CT molecular complexity index is 1450. The fourth-order valence-electron chi connectivity index (χ4n) is 5.47. The normalized spacial score (nSPS) is 20.2. The molecule has 0 unspecified atom stereocenters. The van der Waals surface area contributed by atoms with Crippen molar-refractivity contribution in [2.45, 2.75) is 50.6 Å². The van der Waals surface area contributed by atoms with Gasteiger partial charge in [0.15, 0.2) is 0 Å². The molecule has 1 aliphatic carbocycles. The first-order valence-corrected chi connectivity index (χ1v) is 14.3. The SMILES string of the molecule is O=C(CO[C@H]1CC[C@H](Nc2ccc([N+](=O)[O-])c(C(F)(F)F)c2)CC1)N1CCN(Cc2cc3c(Cl)cc(Cl)cc3o2)CC1. The number of carbonyl (C=O) groups excluding carboxylic acids is 1. The lowest BCUT2D eigenvalue weighted by atomic mass is 9.92. The van der Waals surface area contributed by atoms with E-state index in [9.17, 15) is 28.1 Å². The first kappa shape index (κ1) is 30.4. The Labute approximate surface area is 249 Å². The molecule has 2 aliphatic rings. The lowest BCUT2D eigenvalue weighted by Crippen LogP contribution is -2.49. The number of nitro groups is 1. The Hall–Kier alpha value is -3.06. The zero-order chi connectivity index (χ0) is 30.0. The first-order chi connectivity index (χ1) is 20.0. The summed E-state index contributed by atoms with van der Waals surface area (Å²) in [5, 5.41) is 15.9. The van der Waals surface area contributed by atoms with Gasteiger partial charge in [0.2, 0.25) is 5.91 Å². The van der Waals surface area contributed by atoms with E-state index in [1.165, 1.54) is 6.07 Å². The van der Waals surface area contributed by atoms with Crippen molar-refractivity contribution in [1.82, 2.24) is 9.80 Å². The minimum atomic E-state index is -4.83. The number of amides is 1. The van der Waals surface area contributed by atoms with Gasteiger partial charge >= 0.3 is 6.18 Å². The Morgan fingerprint density at radius 1 is 1.07 bits per heavy atom. The van der Waals surface area contributed by atoms with Crippen LogP contribution in [0.15, 0.2) is 40.8 Å². The van der Waals surface area contributed by atoms with Gasteiger partial charge in [-0.3, -0.25) is 19.8 Å². The second-order valence-electron chi connectivity index (χ2n) is 10.6. The first-order valence-electron chi connectivity index (χ1n) is 13.6. The van der Waals surface area contributed by atoms with Crippen LogP contribution in [0.4, 0.5) is 24.5 Å². The van der Waals surface area contributed by atoms with Crippen LogP contribution in [0, 0.1) is 10.1 Å². The van der Waals surface area contributed by atoms with Crippen LogP contribution in [-0.2, 0) is 22.3 Å². The number of carbonyl (C=O) groups is 1. The van der Waals surface area contributed by atoms with Gasteiger partial charge in [-0.1, -0.05) is 23.2 Å². The highest BCUT2D eigenvalue weighted by Crippen LogP contribution is 2.38. The Balaban J connectivity index is 1.03. The quantitative estimate of drug-likeness (QED) is 0.217. The van der Waals surface area contributed by atoms with Crippen molar-refractivity contribution < 1.29 is 32.0 Å². The third kappa shape index (κ3) is 7.28. The number of hydrogen-bond acceptors (Lipinski definition) is 7. The molecule has 3 aromatic rings. The lowest BCUT2D eigenvalue weighted by molar-refractivity contribution is -0.388. The van der Waals surface area contributed by atoms with Crippen molar-refractivity contribution in [3.8, 4) is 0 Å². The fourth-order valence-corrected chi connectivity index (χ4v) is 6.00. The van der Waals surface area contributed by atoms with E-state index in [2.05, 4.69) is 10.2 Å². The van der Waals surface area contributed by atoms with Crippen molar-refractivity contribution in [3.63, 3.8) is 0 Å². The summed E-state index contributed by atoms with van der Waals surface area (Å²) >= 11 is 12.3. The van der Waals surface area contributed by atoms with Crippen molar-refractivity contribution in [2.24, 2.45) is 0 Å². The highest BCUT2D eigenvalue weighted by molar-refractivity contribution is 6.38. The molecule has 1 aromatic heterocycles. The Morgan fingerprint density at radius 3 is 2.45 bits per heavy atom. The summed E-state index contributed by atoms with van der Waals surface area (Å²) < 4.78 is 51.6. The zero-order valence-electron chi connectivity index (χ0n) is 22.5. The number of anilines is 1. The monoisotopic (exact) mass is 628 g/mol. The number of halogens is 5. The van der Waals surface area contributed by atoms with Gasteiger partial charge in [0.25, 0.3) is 5.69 Å². The molecule has 9 nitrogen and oxygen atoms in total. The van der Waals surface area contributed by atoms with Gasteiger partial charge in [-0.2, -0.15) is 13.2 Å². The Kier molecular flexibility index (Phi) is 9.17. The molecule has 2 heterocycles. The van der Waals surface area contributed by atoms with Crippen molar-refractivity contribution >= 4 is 51.5 Å². The molecule has 1 saturated carbocycles. The molecule has 0 spiro atoms. The van der Waals surface area contributed by atoms with Crippen LogP contribution >= 0.6 is 23.2 Å². The predicted molar refractivity (Wildman–Crippen MR) is 152 cm³/mol. The molecule has 1 N–H and O–H groups in total. The van der Waals surface area contributed by atoms with E-state index < -0.39 is 22.4 Å². The molecule has 1 aliphatic heterocycles. The maximum Gasteiger partial charge on any atom is 0.423 e. The number of nitrogens with one attached hydrogen (secondary N) is 1. The number of hydrogen-bond donors (Lipinski definition) is 1. The zero-order valence-corrected chi connectivity index (χ0v) is 24.0. The van der Waals surface area contributed by atoms with E-state index in [4.69, 9.17) is 32.4 Å². The maximum absolute atomic E-state index is 13.3. The summed E-state index contributed by atoms with van der Waals surface area (Å²) in [6.45, 7) is 3.08. The molecule has 42 heavy (non-hydrogen) atoms. The molecule has 0 atom stereocenters. The van der Waals surface area contributed by atoms with Gasteiger partial charge in [0.05, 0.1) is 22.6 Å². The molecular weight excluding hydrogens is 600 g/mol. The summed E-state index contributed by atoms with van der Waals surface area (Å²) in [6, 6.07) is 8.16. The number of piperazine rings is 1. The van der Waals surface area contributed by atoms with E-state index in [1.807, 2.05) is 6.07 Å². The summed E-state index contributed by atoms with van der Waals surface area (Å²) in [5.41, 5.74) is -1.43. The molecule has 1 saturated heterocycles. The minimum Gasteiger partial charge on any atom is -0.460 e. The molecule has 2 fully saturated rings. The average Bonchev–Trinajstić information content (AvgIpc) is 3.35. The highest BCUT2D eigenvalue weighted by Gasteiger charge is 2.38. The van der Waals surface area contributed by atoms with Gasteiger partial charge in [-0.05, 0) is 49.9 Å². The Morgan fingerprint density at radius 2 is 1.79 bits per heavy atom. The van der Waals surface area contributed by atoms with Crippen LogP contribution in [0.5, 0.6) is 0 Å². The number of rotatable bonds is 8. The number of nitro benzene ring substituents is 1. The molecule has 0 bridgehead atoms. The molecule has 14 heteroatoms. The number of furan rings is 1. The van der Waals surface area contributed by atoms with Crippen LogP contribution in [0.2, 0.25) is 10.0 Å². The van der Waals surface area contributed by atoms with E-state index in [1.54, 1.807) is 17.0 Å². The number of ether oxygens (including phenoxy) is 1. The predicted octanol–water partition coefficient (Wildman–Crippen LogP) is 6.75. The summed E-state index contributed by atoms with van der Waals surface area (Å²) in [7, 11) is 0. The van der Waals surface area contributed by atoms with Crippen LogP contribution < -0.4 is 5.32 Å². The summed E-state index contributed by atoms with van der Waals surface area (Å²) in [5.74, 6) is 0.697. The minimum absolute atomic E-state index is 0.0249. The second kappa shape index (κ2) is 12.7. The van der Waals surface area contributed by atoms with Gasteiger partial charge in [0, 0.05) is 60.4 Å². The molecule has 226 valence electrons. The number of alkyl halides is 3. The van der Waals surface area contributed by atoms with Gasteiger partial charge in [-0.25, -0.2) is 0 Å². The molecular formula is C28H29Cl2F3N4O5. The molecule has 2 aromatic carbocycles. The van der Waals surface area contributed by atoms with E-state index in [0.717, 1.165) is 23.3 Å². The van der Waals surface area contributed by atoms with E-state index in [-0.39, 0.29) is 30.3 Å². The summed E-state index contributed by atoms with van der Waals surface area (Å²) in [4.78, 5) is 26.7. The smallest absolute Gasteiger partial charge is 0.423 e. The van der Waals surface area contributed by atoms with Crippen molar-refractivity contribution in [1.29, 1.82) is 0 Å². The third-order valence-corrected chi connectivity index (χ3v) is 8.22. The van der Waals surface area contributed by atoms with Gasteiger partial charge < -0.3 is 19.4 Å². The van der Waals surface area contributed by atoms with Crippen LogP contribution in [0.3, 0.4) is 0 Å². The fraction of sp³-hybridized carbons (Fsp3) is 0.464. The lowest BCUT2D eigenvalue weighted by Gasteiger charge is -2.35. The topological polar surface area (TPSA) is 101 Å². The van der Waals surface area contributed by atoms with Gasteiger partial charge in [0.1, 0.15) is 23.5 Å². The largest absolute Gasteiger partial charge is 0.460 e. The summed E-state index contributed by atoms with van der Waals surface area (Å²) in [6.07, 6.45) is -2.40. The van der Waals surface area contributed by atoms with E-state index in [0.29, 0.717) is 74.0 Å². The van der Waals surface area contributed by atoms with Gasteiger partial charge in [-0.15, -0.1) is 0 Å². The highest BCUT2D eigenvalue weighted by atomic mass is 35.5. The van der Waals surface area contributed by atoms with Crippen LogP contribution in [0.25, 0.3) is 11.0 Å². The standard InChI is InChI=1S/C28H29Cl2F3N4O5/c29-17-11-24(30)22-14-21(42-26(22)12-17)15-35-7-9-36(10-8-35)27(38)16-41-20-4-1-18(2-5-20)34-19-3-6-25(37(39)40)23(13-19)28(31,32)33/h3,6,11-14,18,20,34H,1-2,4-5,7-10,15-16H2/t18-,20-. The molecule has 1 amide bonds. The number of fused-ring (bicyclic) bond motifs is 1. The van der Waals surface area contributed by atoms with Crippen molar-refractivity contribution in [2.75, 3.05) is 38.1 Å². The average molecular weight is 629 g/mol. The second-order valence-corrected chi connectivity index (χ2v) is 11.4. The maximum atomic E-state index is 13.3. The van der Waals surface area contributed by atoms with Crippen molar-refractivity contribution in [3.05, 3.63) is 67.9 Å². The number of nitrogens with zero attached hydrogens (tertiary/aromatic N) is 3. The molecule has 5 rings (SSSR count). The third-order valence-electron chi connectivity index (χ3n) is 7.69.